The lowest BCUT2D eigenvalue weighted by Gasteiger charge is -2.36. The van der Waals surface area contributed by atoms with Gasteiger partial charge in [0.2, 0.25) is 6.04 Å². The van der Waals surface area contributed by atoms with Gasteiger partial charge in [0.25, 0.3) is 0 Å². The zero-order valence-corrected chi connectivity index (χ0v) is 16.9. The van der Waals surface area contributed by atoms with E-state index in [1.807, 2.05) is 42.5 Å². The van der Waals surface area contributed by atoms with Crippen molar-refractivity contribution in [2.24, 2.45) is 0 Å². The number of carboxylic acids is 2. The molecule has 0 radical (unpaired) electrons. The van der Waals surface area contributed by atoms with Gasteiger partial charge in [-0.2, -0.15) is 0 Å². The van der Waals surface area contributed by atoms with Crippen molar-refractivity contribution in [3.63, 3.8) is 0 Å². The average molecular weight is 402 g/mol. The molecule has 0 heterocycles. The number of carboxylic acid groups (broad SMARTS) is 2. The number of likely N-dealkylation sites (N-methyl/N-ethyl adjacent to an activating group) is 1. The van der Waals surface area contributed by atoms with Crippen molar-refractivity contribution in [2.45, 2.75) is 18.4 Å². The molecule has 0 saturated heterocycles. The van der Waals surface area contributed by atoms with Gasteiger partial charge in [0.05, 0.1) is 14.1 Å². The topological polar surface area (TPSA) is 74.6 Å². The van der Waals surface area contributed by atoms with E-state index in [1.54, 1.807) is 14.1 Å². The van der Waals surface area contributed by atoms with Crippen molar-refractivity contribution in [3.05, 3.63) is 89.5 Å². The highest BCUT2D eigenvalue weighted by molar-refractivity contribution is 5.88. The predicted octanol–water partition coefficient (Wildman–Crippen LogP) is 4.34. The molecule has 0 spiro atoms. The maximum absolute atomic E-state index is 12.0. The molecule has 5 nitrogen and oxygen atoms in total. The van der Waals surface area contributed by atoms with E-state index < -0.39 is 24.4 Å². The van der Waals surface area contributed by atoms with Crippen LogP contribution >= 0.6 is 0 Å². The van der Waals surface area contributed by atoms with Crippen LogP contribution in [-0.2, 0) is 9.59 Å². The van der Waals surface area contributed by atoms with Crippen LogP contribution in [0.2, 0.25) is 0 Å². The van der Waals surface area contributed by atoms with Crippen LogP contribution < -0.4 is 4.48 Å². The molecule has 0 aromatic heterocycles. The number of benzene rings is 3. The zero-order valence-electron chi connectivity index (χ0n) is 16.9. The summed E-state index contributed by atoms with van der Waals surface area (Å²) in [4.78, 5) is 23.5. The van der Waals surface area contributed by atoms with Gasteiger partial charge < -0.3 is 10.2 Å². The Hall–Kier alpha value is -3.44. The number of aliphatic carboxylic acids is 2. The highest BCUT2D eigenvalue weighted by Gasteiger charge is 2.43. The van der Waals surface area contributed by atoms with Crippen LogP contribution in [0.3, 0.4) is 0 Å². The summed E-state index contributed by atoms with van der Waals surface area (Å²) < 4.78 is -0.0534. The number of hydrogen-bond acceptors (Lipinski definition) is 2. The molecule has 0 fully saturated rings. The minimum Gasteiger partial charge on any atom is -0.481 e. The van der Waals surface area contributed by atoms with E-state index in [0.29, 0.717) is 0 Å². The zero-order chi connectivity index (χ0) is 21.5. The Balaban J connectivity index is 1.96. The lowest BCUT2D eigenvalue weighted by atomic mass is 9.87. The fraction of sp³-hybridized carbons (Fsp3) is 0.200. The second-order valence-corrected chi connectivity index (χ2v) is 8.16. The van der Waals surface area contributed by atoms with Gasteiger partial charge in [-0.15, -0.1) is 0 Å². The smallest absolute Gasteiger partial charge is 0.363 e. The number of fused-ring (bicyclic) bond motifs is 3. The Morgan fingerprint density at radius 3 is 2.17 bits per heavy atom. The quantitative estimate of drug-likeness (QED) is 0.471. The van der Waals surface area contributed by atoms with Crippen LogP contribution in [0.15, 0.2) is 72.8 Å². The number of hydrogen-bond donors (Lipinski definition) is 2. The minimum atomic E-state index is -1.12. The van der Waals surface area contributed by atoms with Gasteiger partial charge in [-0.3, -0.25) is 9.28 Å². The number of rotatable bonds is 6. The Morgan fingerprint density at radius 1 is 0.867 bits per heavy atom. The second-order valence-electron chi connectivity index (χ2n) is 8.16. The van der Waals surface area contributed by atoms with Crippen molar-refractivity contribution in [2.75, 3.05) is 14.1 Å². The average Bonchev–Trinajstić information content (AvgIpc) is 3.06. The van der Waals surface area contributed by atoms with Crippen LogP contribution in [0, 0.1) is 0 Å². The van der Waals surface area contributed by atoms with E-state index in [-0.39, 0.29) is 10.4 Å². The molecule has 0 bridgehead atoms. The molecule has 2 N–H and O–H groups in total. The summed E-state index contributed by atoms with van der Waals surface area (Å²) in [6.07, 6.45) is -0.449. The van der Waals surface area contributed by atoms with Crippen molar-refractivity contribution in [3.8, 4) is 11.1 Å². The van der Waals surface area contributed by atoms with Gasteiger partial charge in [-0.1, -0.05) is 66.7 Å². The summed E-state index contributed by atoms with van der Waals surface area (Å²) in [6.45, 7) is 0. The molecule has 0 aliphatic heterocycles. The van der Waals surface area contributed by atoms with Crippen LogP contribution in [0.4, 0.5) is 5.69 Å². The predicted molar refractivity (Wildman–Crippen MR) is 117 cm³/mol. The molecule has 152 valence electrons. The minimum absolute atomic E-state index is 0.0368. The molecule has 3 aromatic carbocycles. The fourth-order valence-electron chi connectivity index (χ4n) is 4.66. The highest BCUT2D eigenvalue weighted by atomic mass is 16.4. The summed E-state index contributed by atoms with van der Waals surface area (Å²) in [7, 11) is 3.56. The summed E-state index contributed by atoms with van der Waals surface area (Å²) in [5.41, 5.74) is 6.38. The van der Waals surface area contributed by atoms with Gasteiger partial charge in [-0.05, 0) is 28.3 Å². The molecule has 4 rings (SSSR count). The van der Waals surface area contributed by atoms with Crippen molar-refractivity contribution in [1.82, 2.24) is 4.48 Å². The van der Waals surface area contributed by atoms with Crippen LogP contribution in [0.5, 0.6) is 0 Å². The summed E-state index contributed by atoms with van der Waals surface area (Å²) in [5.74, 6) is -2.28. The molecular formula is C25H24NO4+. The first-order chi connectivity index (χ1) is 14.3. The number of quaternary nitrogens is 1. The van der Waals surface area contributed by atoms with Gasteiger partial charge in [0.15, 0.2) is 0 Å². The third kappa shape index (κ3) is 3.17. The van der Waals surface area contributed by atoms with Crippen molar-refractivity contribution in [1.29, 1.82) is 0 Å². The Labute approximate surface area is 175 Å². The highest BCUT2D eigenvalue weighted by Crippen LogP contribution is 2.52. The number of nitrogens with zero attached hydrogens (tertiary/aromatic N) is 1. The molecule has 1 aliphatic carbocycles. The summed E-state index contributed by atoms with van der Waals surface area (Å²) in [6, 6.07) is 23.2. The Kier molecular flexibility index (Phi) is 4.92. The normalized spacial score (nSPS) is 15.9. The second kappa shape index (κ2) is 7.43. The van der Waals surface area contributed by atoms with Gasteiger partial charge in [0, 0.05) is 11.5 Å². The SMILES string of the molecule is C[N+](C)(c1cccc2c1C(c1ccccc1)c1ccccc1-2)C(CC(=O)O)C(=O)O. The molecular weight excluding hydrogens is 378 g/mol. The van der Waals surface area contributed by atoms with Crippen molar-refractivity contribution >= 4 is 17.6 Å². The Morgan fingerprint density at radius 2 is 1.50 bits per heavy atom. The molecule has 1 aliphatic rings. The Bertz CT molecular complexity index is 1120. The van der Waals surface area contributed by atoms with E-state index >= 15 is 0 Å². The monoisotopic (exact) mass is 402 g/mol. The van der Waals surface area contributed by atoms with E-state index in [0.717, 1.165) is 27.9 Å². The maximum Gasteiger partial charge on any atom is 0.363 e. The standard InChI is InChI=1S/C25H23NO4/c1-26(2,21(25(29)30)15-22(27)28)20-14-8-13-19-17-11-6-7-12-18(17)23(24(19)20)16-9-4-3-5-10-16/h3-14,21,23H,15H2,1-2H3,(H-,27,28,29,30)/p+1. The number of carbonyl (C=O) groups is 2. The summed E-state index contributed by atoms with van der Waals surface area (Å²) in [5, 5.41) is 19.2. The molecule has 0 amide bonds. The lowest BCUT2D eigenvalue weighted by Crippen LogP contribution is -2.55. The fourth-order valence-corrected chi connectivity index (χ4v) is 4.66. The molecule has 30 heavy (non-hydrogen) atoms. The maximum atomic E-state index is 12.0. The first-order valence-corrected chi connectivity index (χ1v) is 9.88. The van der Waals surface area contributed by atoms with Gasteiger partial charge in [-0.25, -0.2) is 4.79 Å². The molecule has 0 saturated carbocycles. The first-order valence-electron chi connectivity index (χ1n) is 9.88. The lowest BCUT2D eigenvalue weighted by molar-refractivity contribution is -0.148. The largest absolute Gasteiger partial charge is 0.481 e. The van der Waals surface area contributed by atoms with Crippen LogP contribution in [-0.4, -0.2) is 42.3 Å². The molecule has 2 atom stereocenters. The van der Waals surface area contributed by atoms with Crippen LogP contribution in [0.25, 0.3) is 11.1 Å². The van der Waals surface area contributed by atoms with E-state index in [4.69, 9.17) is 0 Å². The molecule has 3 aromatic rings. The third-order valence-electron chi connectivity index (χ3n) is 6.12. The molecule has 5 heteroatoms. The molecule has 2 unspecified atom stereocenters. The van der Waals surface area contributed by atoms with E-state index in [1.165, 1.54) is 5.56 Å². The summed E-state index contributed by atoms with van der Waals surface area (Å²) >= 11 is 0. The van der Waals surface area contributed by atoms with Gasteiger partial charge in [0.1, 0.15) is 12.1 Å². The van der Waals surface area contributed by atoms with Crippen LogP contribution in [0.1, 0.15) is 29.0 Å². The third-order valence-corrected chi connectivity index (χ3v) is 6.12. The van der Waals surface area contributed by atoms with E-state index in [2.05, 4.69) is 30.3 Å². The first kappa shape index (κ1) is 19.9. The van der Waals surface area contributed by atoms with Crippen molar-refractivity contribution < 1.29 is 19.8 Å². The van der Waals surface area contributed by atoms with Gasteiger partial charge >= 0.3 is 11.9 Å². The van der Waals surface area contributed by atoms with E-state index in [9.17, 15) is 19.8 Å².